The van der Waals surface area contributed by atoms with E-state index in [2.05, 4.69) is 5.10 Å². The van der Waals surface area contributed by atoms with Crippen molar-refractivity contribution in [3.05, 3.63) is 52.3 Å². The summed E-state index contributed by atoms with van der Waals surface area (Å²) in [4.78, 5) is 12.4. The Balaban J connectivity index is 1.74. The number of ketones is 1. The Morgan fingerprint density at radius 1 is 1.33 bits per heavy atom. The largest absolute Gasteiger partial charge is 0.294 e. The molecule has 0 spiro atoms. The van der Waals surface area contributed by atoms with Crippen LogP contribution in [0.4, 0.5) is 0 Å². The molecule has 0 amide bonds. The number of aryl methyl sites for hydroxylation is 1. The van der Waals surface area contributed by atoms with E-state index in [9.17, 15) is 4.79 Å². The van der Waals surface area contributed by atoms with E-state index >= 15 is 0 Å². The van der Waals surface area contributed by atoms with Crippen LogP contribution in [0.25, 0.3) is 0 Å². The summed E-state index contributed by atoms with van der Waals surface area (Å²) in [6.07, 6.45) is 7.24. The fourth-order valence-electron chi connectivity index (χ4n) is 2.97. The number of rotatable bonds is 4. The average molecular weight is 303 g/mol. The van der Waals surface area contributed by atoms with E-state index in [0.29, 0.717) is 23.0 Å². The van der Waals surface area contributed by atoms with E-state index in [1.165, 1.54) is 25.7 Å². The molecule has 0 bridgehead atoms. The molecule has 1 aromatic carbocycles. The van der Waals surface area contributed by atoms with Gasteiger partial charge in [-0.05, 0) is 37.5 Å². The number of nitrogens with zero attached hydrogens (tertiary/aromatic N) is 2. The maximum atomic E-state index is 12.4. The molecule has 0 N–H and O–H groups in total. The molecule has 2 aromatic rings. The predicted molar refractivity (Wildman–Crippen MR) is 84.0 cm³/mol. The van der Waals surface area contributed by atoms with E-state index in [0.717, 1.165) is 11.3 Å². The predicted octanol–water partition coefficient (Wildman–Crippen LogP) is 4.39. The number of aromatic nitrogens is 2. The Kier molecular flexibility index (Phi) is 4.11. The van der Waals surface area contributed by atoms with Crippen molar-refractivity contribution in [1.29, 1.82) is 0 Å². The van der Waals surface area contributed by atoms with Gasteiger partial charge in [-0.25, -0.2) is 0 Å². The van der Waals surface area contributed by atoms with Crippen LogP contribution in [0.3, 0.4) is 0 Å². The number of carbonyl (C=O) groups excluding carboxylic acids is 1. The van der Waals surface area contributed by atoms with Crippen LogP contribution >= 0.6 is 11.6 Å². The first kappa shape index (κ1) is 14.3. The molecule has 0 unspecified atom stereocenters. The van der Waals surface area contributed by atoms with E-state index < -0.39 is 0 Å². The lowest BCUT2D eigenvalue weighted by Gasteiger charge is -2.09. The highest BCUT2D eigenvalue weighted by atomic mass is 35.5. The highest BCUT2D eigenvalue weighted by Crippen LogP contribution is 2.29. The Morgan fingerprint density at radius 2 is 2.10 bits per heavy atom. The van der Waals surface area contributed by atoms with Crippen molar-refractivity contribution >= 4 is 17.4 Å². The van der Waals surface area contributed by atoms with Crippen molar-refractivity contribution in [2.45, 2.75) is 45.1 Å². The van der Waals surface area contributed by atoms with Crippen LogP contribution in [-0.4, -0.2) is 15.6 Å². The van der Waals surface area contributed by atoms with E-state index in [1.807, 2.05) is 36.0 Å². The molecule has 0 saturated heterocycles. The number of halogens is 1. The fraction of sp³-hybridized carbons (Fsp3) is 0.412. The fourth-order valence-corrected chi connectivity index (χ4v) is 3.20. The lowest BCUT2D eigenvalue weighted by molar-refractivity contribution is 0.0991. The van der Waals surface area contributed by atoms with Crippen molar-refractivity contribution in [2.24, 2.45) is 0 Å². The molecule has 4 heteroatoms. The Labute approximate surface area is 129 Å². The topological polar surface area (TPSA) is 34.9 Å². The molecule has 110 valence electrons. The van der Waals surface area contributed by atoms with Gasteiger partial charge in [-0.15, -0.1) is 0 Å². The van der Waals surface area contributed by atoms with Gasteiger partial charge in [0, 0.05) is 11.8 Å². The maximum absolute atomic E-state index is 12.4. The summed E-state index contributed by atoms with van der Waals surface area (Å²) in [7, 11) is 0. The molecule has 0 atom stereocenters. The summed E-state index contributed by atoms with van der Waals surface area (Å²) in [5.74, 6) is 0.0281. The molecule has 1 aliphatic rings. The normalized spacial score (nSPS) is 15.5. The average Bonchev–Trinajstić information content (AvgIpc) is 3.12. The van der Waals surface area contributed by atoms with Gasteiger partial charge in [0.05, 0.1) is 23.2 Å². The highest BCUT2D eigenvalue weighted by Gasteiger charge is 2.19. The van der Waals surface area contributed by atoms with Crippen molar-refractivity contribution < 1.29 is 4.79 Å². The summed E-state index contributed by atoms with van der Waals surface area (Å²) < 4.78 is 2.02. The third-order valence-corrected chi connectivity index (χ3v) is 4.70. The van der Waals surface area contributed by atoms with Crippen molar-refractivity contribution in [3.63, 3.8) is 0 Å². The van der Waals surface area contributed by atoms with Gasteiger partial charge in [0.1, 0.15) is 0 Å². The number of Topliss-reactive ketones (excluding diaryl/α,β-unsaturated/α-hetero) is 1. The van der Waals surface area contributed by atoms with Gasteiger partial charge in [0.2, 0.25) is 0 Å². The van der Waals surface area contributed by atoms with Gasteiger partial charge >= 0.3 is 0 Å². The SMILES string of the molecule is Cc1cccc(C(=O)Cc2ccn(C3CCCC3)n2)c1Cl. The van der Waals surface area contributed by atoms with Crippen molar-refractivity contribution in [2.75, 3.05) is 0 Å². The molecule has 0 radical (unpaired) electrons. The van der Waals surface area contributed by atoms with E-state index in [1.54, 1.807) is 6.07 Å². The zero-order valence-corrected chi connectivity index (χ0v) is 12.9. The van der Waals surface area contributed by atoms with E-state index in [4.69, 9.17) is 11.6 Å². The lowest BCUT2D eigenvalue weighted by atomic mass is 10.0. The van der Waals surface area contributed by atoms with Crippen LogP contribution in [0, 0.1) is 6.92 Å². The molecule has 1 aromatic heterocycles. The summed E-state index contributed by atoms with van der Waals surface area (Å²) in [5, 5.41) is 5.12. The van der Waals surface area contributed by atoms with Crippen LogP contribution in [0.1, 0.15) is 53.3 Å². The number of hydrogen-bond acceptors (Lipinski definition) is 2. The quantitative estimate of drug-likeness (QED) is 0.785. The Bertz CT molecular complexity index is 657. The Hall–Kier alpha value is -1.61. The monoisotopic (exact) mass is 302 g/mol. The Morgan fingerprint density at radius 3 is 2.86 bits per heavy atom. The molecule has 3 rings (SSSR count). The third-order valence-electron chi connectivity index (χ3n) is 4.20. The van der Waals surface area contributed by atoms with Crippen LogP contribution in [0.15, 0.2) is 30.5 Å². The summed E-state index contributed by atoms with van der Waals surface area (Å²) in [5.41, 5.74) is 2.34. The first-order chi connectivity index (χ1) is 10.1. The van der Waals surface area contributed by atoms with E-state index in [-0.39, 0.29) is 5.78 Å². The zero-order valence-electron chi connectivity index (χ0n) is 12.2. The molecule has 1 fully saturated rings. The van der Waals surface area contributed by atoms with Gasteiger partial charge in [0.25, 0.3) is 0 Å². The number of benzene rings is 1. The zero-order chi connectivity index (χ0) is 14.8. The molecule has 1 saturated carbocycles. The minimum absolute atomic E-state index is 0.0281. The smallest absolute Gasteiger partial charge is 0.170 e. The first-order valence-electron chi connectivity index (χ1n) is 7.47. The summed E-state index contributed by atoms with van der Waals surface area (Å²) >= 11 is 6.22. The van der Waals surface area contributed by atoms with Crippen LogP contribution < -0.4 is 0 Å². The molecular formula is C17H19ClN2O. The van der Waals surface area contributed by atoms with Crippen molar-refractivity contribution in [3.8, 4) is 0 Å². The maximum Gasteiger partial charge on any atom is 0.170 e. The molecular weight excluding hydrogens is 284 g/mol. The second-order valence-electron chi connectivity index (χ2n) is 5.76. The molecule has 21 heavy (non-hydrogen) atoms. The third kappa shape index (κ3) is 3.03. The second kappa shape index (κ2) is 6.02. The molecule has 3 nitrogen and oxygen atoms in total. The first-order valence-corrected chi connectivity index (χ1v) is 7.85. The van der Waals surface area contributed by atoms with Crippen LogP contribution in [-0.2, 0) is 6.42 Å². The van der Waals surface area contributed by atoms with Crippen LogP contribution in [0.2, 0.25) is 5.02 Å². The molecule has 1 heterocycles. The van der Waals surface area contributed by atoms with Crippen molar-refractivity contribution in [1.82, 2.24) is 9.78 Å². The minimum atomic E-state index is 0.0281. The van der Waals surface area contributed by atoms with Gasteiger partial charge in [-0.3, -0.25) is 9.48 Å². The minimum Gasteiger partial charge on any atom is -0.294 e. The van der Waals surface area contributed by atoms with Gasteiger partial charge in [-0.1, -0.05) is 36.6 Å². The second-order valence-corrected chi connectivity index (χ2v) is 6.14. The summed E-state index contributed by atoms with van der Waals surface area (Å²) in [6.45, 7) is 1.91. The lowest BCUT2D eigenvalue weighted by Crippen LogP contribution is -2.08. The molecule has 0 aliphatic heterocycles. The number of carbonyl (C=O) groups is 1. The van der Waals surface area contributed by atoms with Crippen LogP contribution in [0.5, 0.6) is 0 Å². The molecule has 1 aliphatic carbocycles. The van der Waals surface area contributed by atoms with Gasteiger partial charge in [-0.2, -0.15) is 5.10 Å². The summed E-state index contributed by atoms with van der Waals surface area (Å²) in [6, 6.07) is 8.02. The standard InChI is InChI=1S/C17H19ClN2O/c1-12-5-4-8-15(17(12)18)16(21)11-13-9-10-20(19-13)14-6-2-3-7-14/h4-5,8-10,14H,2-3,6-7,11H2,1H3. The van der Waals surface area contributed by atoms with Gasteiger partial charge < -0.3 is 0 Å². The highest BCUT2D eigenvalue weighted by molar-refractivity contribution is 6.34. The number of hydrogen-bond donors (Lipinski definition) is 0. The van der Waals surface area contributed by atoms with Gasteiger partial charge in [0.15, 0.2) is 5.78 Å².